The number of nitrogens with zero attached hydrogens (tertiary/aromatic N) is 5. The van der Waals surface area contributed by atoms with E-state index in [2.05, 4.69) is 20.4 Å². The lowest BCUT2D eigenvalue weighted by molar-refractivity contribution is -0.0405. The fraction of sp³-hybridized carbons (Fsp3) is 0.688. The normalized spacial score (nSPS) is 23.6. The van der Waals surface area contributed by atoms with E-state index in [1.807, 2.05) is 16.0 Å². The van der Waals surface area contributed by atoms with E-state index in [0.29, 0.717) is 0 Å². The van der Waals surface area contributed by atoms with Gasteiger partial charge in [-0.05, 0) is 12.8 Å². The Bertz CT molecular complexity index is 608. The molecule has 6 nitrogen and oxygen atoms in total. The van der Waals surface area contributed by atoms with Crippen molar-refractivity contribution in [2.75, 3.05) is 19.7 Å². The van der Waals surface area contributed by atoms with Gasteiger partial charge in [-0.25, -0.2) is 9.97 Å². The maximum Gasteiger partial charge on any atom is 0.137 e. The van der Waals surface area contributed by atoms with Gasteiger partial charge in [0.1, 0.15) is 12.7 Å². The van der Waals surface area contributed by atoms with Crippen LogP contribution in [0.2, 0.25) is 0 Å². The quantitative estimate of drug-likeness (QED) is 0.840. The van der Waals surface area contributed by atoms with Crippen molar-refractivity contribution in [3.63, 3.8) is 0 Å². The molecule has 0 aromatic carbocycles. The number of ether oxygens (including phenoxy) is 1. The van der Waals surface area contributed by atoms with Crippen LogP contribution in [0.5, 0.6) is 0 Å². The van der Waals surface area contributed by atoms with Crippen molar-refractivity contribution < 1.29 is 4.74 Å². The van der Waals surface area contributed by atoms with Crippen LogP contribution in [0, 0.1) is 0 Å². The molecule has 2 aromatic heterocycles. The second kappa shape index (κ2) is 7.07. The third-order valence-corrected chi connectivity index (χ3v) is 5.80. The fourth-order valence-electron chi connectivity index (χ4n) is 3.55. The zero-order valence-corrected chi connectivity index (χ0v) is 14.1. The third kappa shape index (κ3) is 3.79. The molecular weight excluding hydrogens is 310 g/mol. The summed E-state index contributed by atoms with van der Waals surface area (Å²) >= 11 is 1.85. The van der Waals surface area contributed by atoms with Crippen LogP contribution in [-0.4, -0.2) is 50.4 Å². The van der Waals surface area contributed by atoms with Crippen LogP contribution in [0.15, 0.2) is 18.0 Å². The largest absolute Gasteiger partial charge is 0.374 e. The predicted molar refractivity (Wildman–Crippen MR) is 88.4 cm³/mol. The van der Waals surface area contributed by atoms with Crippen LogP contribution < -0.4 is 0 Å². The molecule has 2 fully saturated rings. The maximum atomic E-state index is 5.86. The zero-order chi connectivity index (χ0) is 15.5. The Morgan fingerprint density at radius 2 is 2.22 bits per heavy atom. The number of hydrogen-bond acceptors (Lipinski definition) is 6. The van der Waals surface area contributed by atoms with Gasteiger partial charge in [0, 0.05) is 30.9 Å². The molecule has 124 valence electrons. The van der Waals surface area contributed by atoms with Crippen molar-refractivity contribution in [3.05, 3.63) is 28.7 Å². The first kappa shape index (κ1) is 15.2. The molecule has 2 aromatic rings. The van der Waals surface area contributed by atoms with E-state index in [0.717, 1.165) is 38.7 Å². The minimum absolute atomic E-state index is 0.179. The Balaban J connectivity index is 1.33. The van der Waals surface area contributed by atoms with Crippen LogP contribution in [0.3, 0.4) is 0 Å². The first-order valence-electron chi connectivity index (χ1n) is 8.47. The molecule has 1 aliphatic carbocycles. The topological polar surface area (TPSA) is 56.1 Å². The monoisotopic (exact) mass is 333 g/mol. The van der Waals surface area contributed by atoms with Gasteiger partial charge < -0.3 is 4.74 Å². The molecule has 0 radical (unpaired) electrons. The number of morpholine rings is 1. The number of rotatable bonds is 5. The minimum Gasteiger partial charge on any atom is -0.374 e. The van der Waals surface area contributed by atoms with E-state index in [4.69, 9.17) is 9.72 Å². The molecule has 0 spiro atoms. The summed E-state index contributed by atoms with van der Waals surface area (Å²) < 4.78 is 7.70. The van der Waals surface area contributed by atoms with Crippen molar-refractivity contribution in [2.45, 2.75) is 50.8 Å². The summed E-state index contributed by atoms with van der Waals surface area (Å²) in [7, 11) is 0. The maximum absolute atomic E-state index is 5.86. The standard InChI is InChI=1S/C16H23N5OS/c1-2-4-13(3-1)16-19-14(10-23-16)7-20-5-6-22-15(8-20)9-21-12-17-11-18-21/h10-13,15H,1-9H2/t15-/m0/s1. The Morgan fingerprint density at radius 3 is 3.04 bits per heavy atom. The summed E-state index contributed by atoms with van der Waals surface area (Å²) in [6.07, 6.45) is 8.88. The number of aromatic nitrogens is 4. The first-order valence-corrected chi connectivity index (χ1v) is 9.35. The molecule has 1 atom stereocenters. The molecule has 2 aliphatic rings. The molecule has 7 heteroatoms. The van der Waals surface area contributed by atoms with Gasteiger partial charge in [0.05, 0.1) is 30.0 Å². The lowest BCUT2D eigenvalue weighted by atomic mass is 10.1. The van der Waals surface area contributed by atoms with Gasteiger partial charge in [0.2, 0.25) is 0 Å². The van der Waals surface area contributed by atoms with Gasteiger partial charge in [-0.2, -0.15) is 5.10 Å². The predicted octanol–water partition coefficient (Wildman–Crippen LogP) is 2.29. The van der Waals surface area contributed by atoms with Gasteiger partial charge in [-0.15, -0.1) is 11.3 Å². The molecular formula is C16H23N5OS. The van der Waals surface area contributed by atoms with Gasteiger partial charge in [-0.1, -0.05) is 12.8 Å². The van der Waals surface area contributed by atoms with E-state index >= 15 is 0 Å². The second-order valence-electron chi connectivity index (χ2n) is 6.50. The molecule has 0 unspecified atom stereocenters. The smallest absolute Gasteiger partial charge is 0.137 e. The van der Waals surface area contributed by atoms with Crippen molar-refractivity contribution >= 4 is 11.3 Å². The van der Waals surface area contributed by atoms with Crippen molar-refractivity contribution in [2.24, 2.45) is 0 Å². The van der Waals surface area contributed by atoms with Crippen molar-refractivity contribution in [3.8, 4) is 0 Å². The highest BCUT2D eigenvalue weighted by Gasteiger charge is 2.23. The highest BCUT2D eigenvalue weighted by atomic mass is 32.1. The second-order valence-corrected chi connectivity index (χ2v) is 7.39. The average molecular weight is 333 g/mol. The van der Waals surface area contributed by atoms with Crippen LogP contribution in [0.1, 0.15) is 42.3 Å². The molecule has 0 bridgehead atoms. The van der Waals surface area contributed by atoms with Crippen molar-refractivity contribution in [1.29, 1.82) is 0 Å². The Morgan fingerprint density at radius 1 is 1.30 bits per heavy atom. The Kier molecular flexibility index (Phi) is 4.68. The average Bonchev–Trinajstić information content (AvgIpc) is 3.30. The summed E-state index contributed by atoms with van der Waals surface area (Å²) in [5.41, 5.74) is 1.22. The highest BCUT2D eigenvalue weighted by molar-refractivity contribution is 7.09. The molecule has 3 heterocycles. The molecule has 4 rings (SSSR count). The Hall–Kier alpha value is -1.31. The first-order chi connectivity index (χ1) is 11.4. The van der Waals surface area contributed by atoms with Gasteiger partial charge in [-0.3, -0.25) is 9.58 Å². The summed E-state index contributed by atoms with van der Waals surface area (Å²) in [6, 6.07) is 0. The molecule has 23 heavy (non-hydrogen) atoms. The van der Waals surface area contributed by atoms with Gasteiger partial charge in [0.25, 0.3) is 0 Å². The lowest BCUT2D eigenvalue weighted by Gasteiger charge is -2.32. The molecule has 1 aliphatic heterocycles. The minimum atomic E-state index is 0.179. The summed E-state index contributed by atoms with van der Waals surface area (Å²) in [6.45, 7) is 4.38. The number of thiazole rings is 1. The molecule has 1 saturated heterocycles. The summed E-state index contributed by atoms with van der Waals surface area (Å²) in [5, 5.41) is 7.76. The van der Waals surface area contributed by atoms with E-state index in [1.165, 1.54) is 36.4 Å². The molecule has 0 amide bonds. The van der Waals surface area contributed by atoms with Crippen LogP contribution >= 0.6 is 11.3 Å². The number of hydrogen-bond donors (Lipinski definition) is 0. The van der Waals surface area contributed by atoms with E-state index in [-0.39, 0.29) is 6.10 Å². The van der Waals surface area contributed by atoms with E-state index < -0.39 is 0 Å². The van der Waals surface area contributed by atoms with Crippen LogP contribution in [-0.2, 0) is 17.8 Å². The summed E-state index contributed by atoms with van der Waals surface area (Å²) in [5.74, 6) is 0.721. The molecule has 0 N–H and O–H groups in total. The van der Waals surface area contributed by atoms with Crippen LogP contribution in [0.4, 0.5) is 0 Å². The zero-order valence-electron chi connectivity index (χ0n) is 13.3. The van der Waals surface area contributed by atoms with Gasteiger partial charge in [0.15, 0.2) is 0 Å². The van der Waals surface area contributed by atoms with E-state index in [9.17, 15) is 0 Å². The lowest BCUT2D eigenvalue weighted by Crippen LogP contribution is -2.43. The summed E-state index contributed by atoms with van der Waals surface area (Å²) in [4.78, 5) is 11.3. The Labute approximate surface area is 140 Å². The van der Waals surface area contributed by atoms with Crippen molar-refractivity contribution in [1.82, 2.24) is 24.6 Å². The van der Waals surface area contributed by atoms with Crippen LogP contribution in [0.25, 0.3) is 0 Å². The van der Waals surface area contributed by atoms with Gasteiger partial charge >= 0.3 is 0 Å². The third-order valence-electron chi connectivity index (χ3n) is 4.74. The van der Waals surface area contributed by atoms with E-state index in [1.54, 1.807) is 12.7 Å². The SMILES string of the molecule is c1ncn(C[C@@H]2CN(Cc3csc(C4CCCC4)n3)CCO2)n1. The highest BCUT2D eigenvalue weighted by Crippen LogP contribution is 2.35. The fourth-order valence-corrected chi connectivity index (χ4v) is 4.54. The molecule has 1 saturated carbocycles.